The third kappa shape index (κ3) is 4.11. The van der Waals surface area contributed by atoms with Crippen LogP contribution in [0.4, 0.5) is 5.69 Å². The van der Waals surface area contributed by atoms with E-state index < -0.39 is 17.6 Å². The van der Waals surface area contributed by atoms with Crippen LogP contribution in [0, 0.1) is 0 Å². The van der Waals surface area contributed by atoms with Gasteiger partial charge in [-0.3, -0.25) is 18.7 Å². The Morgan fingerprint density at radius 2 is 1.66 bits per heavy atom. The highest BCUT2D eigenvalue weighted by atomic mass is 16.5. The molecule has 0 aliphatic rings. The number of fused-ring (bicyclic) bond motifs is 1. The number of para-hydroxylation sites is 1. The predicted molar refractivity (Wildman–Crippen MR) is 109 cm³/mol. The Kier molecular flexibility index (Phi) is 5.92. The molecule has 0 bridgehead atoms. The third-order valence-corrected chi connectivity index (χ3v) is 4.43. The van der Waals surface area contributed by atoms with Gasteiger partial charge in [-0.2, -0.15) is 0 Å². The number of carbonyl (C=O) groups excluding carboxylic acids is 2. The zero-order valence-electron chi connectivity index (χ0n) is 16.2. The van der Waals surface area contributed by atoms with Crippen molar-refractivity contribution in [3.05, 3.63) is 74.9 Å². The molecular weight excluding hydrogens is 374 g/mol. The summed E-state index contributed by atoms with van der Waals surface area (Å²) < 4.78 is 7.30. The van der Waals surface area contributed by atoms with Crippen molar-refractivity contribution in [1.29, 1.82) is 0 Å². The molecule has 0 aliphatic carbocycles. The summed E-state index contributed by atoms with van der Waals surface area (Å²) in [6.07, 6.45) is 0. The summed E-state index contributed by atoms with van der Waals surface area (Å²) in [7, 11) is 0. The summed E-state index contributed by atoms with van der Waals surface area (Å²) in [6, 6.07) is 12.9. The molecule has 0 aliphatic heterocycles. The van der Waals surface area contributed by atoms with E-state index in [4.69, 9.17) is 4.74 Å². The molecule has 0 atom stereocenters. The zero-order valence-corrected chi connectivity index (χ0v) is 16.2. The van der Waals surface area contributed by atoms with Crippen molar-refractivity contribution < 1.29 is 14.3 Å². The molecule has 8 nitrogen and oxygen atoms in total. The highest BCUT2D eigenvalue weighted by Gasteiger charge is 2.14. The summed E-state index contributed by atoms with van der Waals surface area (Å²) in [5.41, 5.74) is 0.342. The molecule has 3 aromatic rings. The van der Waals surface area contributed by atoms with E-state index in [0.29, 0.717) is 22.2 Å². The van der Waals surface area contributed by atoms with Gasteiger partial charge >= 0.3 is 11.7 Å². The second-order valence-corrected chi connectivity index (χ2v) is 6.28. The number of nitrogens with one attached hydrogen (secondary N) is 1. The second-order valence-electron chi connectivity index (χ2n) is 6.28. The molecule has 1 amide bonds. The molecule has 0 fully saturated rings. The molecule has 0 saturated heterocycles. The number of aromatic nitrogens is 2. The first-order valence-electron chi connectivity index (χ1n) is 9.25. The fraction of sp³-hybridized carbons (Fsp3) is 0.238. The molecule has 8 heteroatoms. The molecule has 29 heavy (non-hydrogen) atoms. The molecule has 2 aromatic carbocycles. The molecule has 0 unspecified atom stereocenters. The molecule has 0 spiro atoms. The quantitative estimate of drug-likeness (QED) is 0.644. The van der Waals surface area contributed by atoms with Crippen LogP contribution in [0.15, 0.2) is 58.1 Å². The number of carbonyl (C=O) groups is 2. The largest absolute Gasteiger partial charge is 0.462 e. The molecule has 3 rings (SSSR count). The lowest BCUT2D eigenvalue weighted by Gasteiger charge is -2.13. The van der Waals surface area contributed by atoms with Crippen molar-refractivity contribution in [3.8, 4) is 0 Å². The van der Waals surface area contributed by atoms with Gasteiger partial charge in [-0.1, -0.05) is 12.1 Å². The normalized spacial score (nSPS) is 10.7. The molecular formula is C21H21N3O5. The third-order valence-electron chi connectivity index (χ3n) is 4.43. The smallest absolute Gasteiger partial charge is 0.338 e. The van der Waals surface area contributed by atoms with Crippen LogP contribution in [0.5, 0.6) is 0 Å². The Bertz CT molecular complexity index is 1180. The highest BCUT2D eigenvalue weighted by molar-refractivity contribution is 5.93. The highest BCUT2D eigenvalue weighted by Crippen LogP contribution is 2.12. The SMILES string of the molecule is CCOC(=O)c1ccc(NC(=O)Cn2c(=O)n(CC)c(=O)c3ccccc32)cc1. The van der Waals surface area contributed by atoms with Crippen LogP contribution in [0.2, 0.25) is 0 Å². The molecule has 0 radical (unpaired) electrons. The summed E-state index contributed by atoms with van der Waals surface area (Å²) in [6.45, 7) is 3.66. The maximum atomic E-state index is 12.7. The van der Waals surface area contributed by atoms with Crippen LogP contribution in [0.1, 0.15) is 24.2 Å². The fourth-order valence-corrected chi connectivity index (χ4v) is 3.05. The average Bonchev–Trinajstić information content (AvgIpc) is 2.72. The monoisotopic (exact) mass is 395 g/mol. The minimum absolute atomic E-state index is 0.208. The van der Waals surface area contributed by atoms with Gasteiger partial charge in [0.15, 0.2) is 0 Å². The lowest BCUT2D eigenvalue weighted by atomic mass is 10.2. The summed E-state index contributed by atoms with van der Waals surface area (Å²) in [5.74, 6) is -0.868. The molecule has 0 saturated carbocycles. The van der Waals surface area contributed by atoms with Crippen LogP contribution >= 0.6 is 0 Å². The summed E-state index contributed by atoms with van der Waals surface area (Å²) in [5, 5.41) is 3.07. The van der Waals surface area contributed by atoms with Crippen molar-refractivity contribution >= 4 is 28.5 Å². The zero-order chi connectivity index (χ0) is 21.0. The van der Waals surface area contributed by atoms with Crippen molar-refractivity contribution in [3.63, 3.8) is 0 Å². The van der Waals surface area contributed by atoms with Gasteiger partial charge in [-0.25, -0.2) is 9.59 Å². The van der Waals surface area contributed by atoms with Gasteiger partial charge in [0.1, 0.15) is 6.54 Å². The number of amides is 1. The van der Waals surface area contributed by atoms with Gasteiger partial charge in [0.05, 0.1) is 23.1 Å². The lowest BCUT2D eigenvalue weighted by molar-refractivity contribution is -0.116. The Balaban J connectivity index is 1.86. The van der Waals surface area contributed by atoms with Gasteiger partial charge in [-0.15, -0.1) is 0 Å². The van der Waals surface area contributed by atoms with E-state index in [1.807, 2.05) is 0 Å². The topological polar surface area (TPSA) is 99.4 Å². The van der Waals surface area contributed by atoms with Crippen molar-refractivity contribution in [1.82, 2.24) is 9.13 Å². The van der Waals surface area contributed by atoms with E-state index in [-0.39, 0.29) is 25.3 Å². The van der Waals surface area contributed by atoms with Gasteiger partial charge in [0.25, 0.3) is 5.56 Å². The van der Waals surface area contributed by atoms with E-state index in [0.717, 1.165) is 4.57 Å². The van der Waals surface area contributed by atoms with Crippen LogP contribution in [-0.4, -0.2) is 27.6 Å². The number of hydrogen-bond donors (Lipinski definition) is 1. The van der Waals surface area contributed by atoms with Crippen molar-refractivity contribution in [2.24, 2.45) is 0 Å². The second kappa shape index (κ2) is 8.55. The van der Waals surface area contributed by atoms with Gasteiger partial charge in [0.2, 0.25) is 5.91 Å². The standard InChI is InChI=1S/C21H21N3O5/c1-3-23-19(26)16-7-5-6-8-17(16)24(21(23)28)13-18(25)22-15-11-9-14(10-12-15)20(27)29-4-2/h5-12H,3-4,13H2,1-2H3,(H,22,25). The van der Waals surface area contributed by atoms with Crippen LogP contribution in [0.3, 0.4) is 0 Å². The minimum atomic E-state index is -0.538. The Labute approximate surface area is 166 Å². The van der Waals surface area contributed by atoms with E-state index in [1.54, 1.807) is 62.4 Å². The summed E-state index contributed by atoms with van der Waals surface area (Å²) in [4.78, 5) is 49.4. The van der Waals surface area contributed by atoms with E-state index >= 15 is 0 Å². The average molecular weight is 395 g/mol. The van der Waals surface area contributed by atoms with Gasteiger partial charge in [0, 0.05) is 12.2 Å². The lowest BCUT2D eigenvalue weighted by Crippen LogP contribution is -2.41. The summed E-state index contributed by atoms with van der Waals surface area (Å²) >= 11 is 0. The van der Waals surface area contributed by atoms with Crippen molar-refractivity contribution in [2.75, 3.05) is 11.9 Å². The Morgan fingerprint density at radius 1 is 0.966 bits per heavy atom. The first kappa shape index (κ1) is 20.1. The number of esters is 1. The van der Waals surface area contributed by atoms with Crippen molar-refractivity contribution in [2.45, 2.75) is 26.9 Å². The number of ether oxygens (including phenoxy) is 1. The molecule has 1 aromatic heterocycles. The Morgan fingerprint density at radius 3 is 2.31 bits per heavy atom. The van der Waals surface area contributed by atoms with Gasteiger partial charge < -0.3 is 10.1 Å². The number of hydrogen-bond acceptors (Lipinski definition) is 5. The molecule has 150 valence electrons. The van der Waals surface area contributed by atoms with Crippen LogP contribution in [0.25, 0.3) is 10.9 Å². The van der Waals surface area contributed by atoms with Crippen LogP contribution in [-0.2, 0) is 22.6 Å². The Hall–Kier alpha value is -3.68. The minimum Gasteiger partial charge on any atom is -0.462 e. The predicted octanol–water partition coefficient (Wildman–Crippen LogP) is 2.00. The first-order chi connectivity index (χ1) is 14.0. The fourth-order valence-electron chi connectivity index (χ4n) is 3.05. The van der Waals surface area contributed by atoms with E-state index in [1.165, 1.54) is 4.57 Å². The maximum Gasteiger partial charge on any atom is 0.338 e. The first-order valence-corrected chi connectivity index (χ1v) is 9.25. The number of rotatable bonds is 6. The number of anilines is 1. The van der Waals surface area contributed by atoms with E-state index in [2.05, 4.69) is 5.32 Å². The van der Waals surface area contributed by atoms with Crippen LogP contribution < -0.4 is 16.6 Å². The molecule has 1 N–H and O–H groups in total. The van der Waals surface area contributed by atoms with Gasteiger partial charge in [-0.05, 0) is 50.2 Å². The number of nitrogens with zero attached hydrogens (tertiary/aromatic N) is 2. The maximum absolute atomic E-state index is 12.7. The van der Waals surface area contributed by atoms with E-state index in [9.17, 15) is 19.2 Å². The molecule has 1 heterocycles. The number of benzene rings is 2.